The van der Waals surface area contributed by atoms with Gasteiger partial charge in [0.1, 0.15) is 5.82 Å². The van der Waals surface area contributed by atoms with Crippen molar-refractivity contribution in [2.24, 2.45) is 5.41 Å². The lowest BCUT2D eigenvalue weighted by Gasteiger charge is -2.51. The van der Waals surface area contributed by atoms with Gasteiger partial charge in [0.15, 0.2) is 0 Å². The Morgan fingerprint density at radius 1 is 1.19 bits per heavy atom. The third-order valence-electron chi connectivity index (χ3n) is 4.00. The van der Waals surface area contributed by atoms with Gasteiger partial charge in [0.2, 0.25) is 0 Å². The largest absolute Gasteiger partial charge is 0.362 e. The average Bonchev–Trinajstić information content (AvgIpc) is 2.17. The van der Waals surface area contributed by atoms with Crippen LogP contribution in [-0.4, -0.2) is 10.5 Å². The SMILES string of the molecule is [N-]=[N+]=C1CC2(C1)CC(c1ccc(F)cc1)C2. The van der Waals surface area contributed by atoms with Gasteiger partial charge in [-0.2, -0.15) is 4.79 Å². The molecule has 0 aromatic heterocycles. The van der Waals surface area contributed by atoms with Crippen molar-refractivity contribution in [3.05, 3.63) is 41.2 Å². The molecule has 2 fully saturated rings. The normalized spacial score (nSPS) is 31.8. The molecule has 3 heteroatoms. The molecular formula is C13H13FN2. The van der Waals surface area contributed by atoms with Gasteiger partial charge in [-0.05, 0) is 41.9 Å². The van der Waals surface area contributed by atoms with Gasteiger partial charge in [0.25, 0.3) is 5.71 Å². The smallest absolute Gasteiger partial charge is 0.270 e. The molecule has 2 aliphatic carbocycles. The highest BCUT2D eigenvalue weighted by atomic mass is 19.1. The molecule has 82 valence electrons. The first kappa shape index (κ1) is 9.73. The van der Waals surface area contributed by atoms with Crippen molar-refractivity contribution in [2.75, 3.05) is 0 Å². The van der Waals surface area contributed by atoms with Crippen LogP contribution in [0.4, 0.5) is 4.39 Å². The number of benzene rings is 1. The molecule has 2 aliphatic rings. The van der Waals surface area contributed by atoms with E-state index in [0.29, 0.717) is 11.3 Å². The quantitative estimate of drug-likeness (QED) is 0.510. The molecule has 1 aromatic rings. The Balaban J connectivity index is 1.66. The molecule has 16 heavy (non-hydrogen) atoms. The van der Waals surface area contributed by atoms with Crippen LogP contribution in [0.15, 0.2) is 24.3 Å². The second-order valence-corrected chi connectivity index (χ2v) is 5.18. The molecule has 1 spiro atoms. The van der Waals surface area contributed by atoms with Gasteiger partial charge in [-0.3, -0.25) is 0 Å². The lowest BCUT2D eigenvalue weighted by atomic mass is 9.50. The zero-order valence-electron chi connectivity index (χ0n) is 8.99. The molecule has 2 saturated carbocycles. The van der Waals surface area contributed by atoms with E-state index in [1.54, 1.807) is 0 Å². The molecule has 0 radical (unpaired) electrons. The van der Waals surface area contributed by atoms with Crippen LogP contribution in [0.25, 0.3) is 5.53 Å². The fourth-order valence-electron chi connectivity index (χ4n) is 3.13. The number of hydrogen-bond acceptors (Lipinski definition) is 0. The predicted octanol–water partition coefficient (Wildman–Crippen LogP) is 3.15. The Morgan fingerprint density at radius 2 is 1.81 bits per heavy atom. The molecular weight excluding hydrogens is 203 g/mol. The van der Waals surface area contributed by atoms with Gasteiger partial charge in [-0.1, -0.05) is 12.1 Å². The van der Waals surface area contributed by atoms with Gasteiger partial charge >= 0.3 is 0 Å². The zero-order chi connectivity index (χ0) is 11.2. The van der Waals surface area contributed by atoms with Crippen molar-refractivity contribution in [2.45, 2.75) is 31.6 Å². The zero-order valence-corrected chi connectivity index (χ0v) is 8.99. The number of hydrogen-bond donors (Lipinski definition) is 0. The summed E-state index contributed by atoms with van der Waals surface area (Å²) in [7, 11) is 0. The first-order chi connectivity index (χ1) is 7.71. The molecule has 1 aromatic carbocycles. The Hall–Kier alpha value is -1.47. The summed E-state index contributed by atoms with van der Waals surface area (Å²) in [5, 5.41) is 0. The summed E-state index contributed by atoms with van der Waals surface area (Å²) in [6.07, 6.45) is 4.19. The molecule has 0 atom stereocenters. The minimum atomic E-state index is -0.170. The summed E-state index contributed by atoms with van der Waals surface area (Å²) in [5.41, 5.74) is 11.2. The van der Waals surface area contributed by atoms with E-state index in [9.17, 15) is 4.39 Å². The Bertz CT molecular complexity index is 455. The van der Waals surface area contributed by atoms with Gasteiger partial charge in [-0.15, -0.1) is 0 Å². The molecule has 0 N–H and O–H groups in total. The van der Waals surface area contributed by atoms with E-state index in [2.05, 4.69) is 4.79 Å². The standard InChI is InChI=1S/C13H13FN2/c14-11-3-1-9(2-4-11)10-5-13(6-10)7-12(8-13)16-15/h1-4,10H,5-8H2. The van der Waals surface area contributed by atoms with Crippen molar-refractivity contribution < 1.29 is 9.18 Å². The first-order valence-corrected chi connectivity index (χ1v) is 5.66. The maximum atomic E-state index is 12.8. The van der Waals surface area contributed by atoms with E-state index < -0.39 is 0 Å². The molecule has 0 bridgehead atoms. The third kappa shape index (κ3) is 1.40. The van der Waals surface area contributed by atoms with E-state index in [4.69, 9.17) is 5.53 Å². The topological polar surface area (TPSA) is 36.4 Å². The van der Waals surface area contributed by atoms with Crippen LogP contribution in [-0.2, 0) is 0 Å². The van der Waals surface area contributed by atoms with E-state index in [0.717, 1.165) is 31.4 Å². The molecule has 2 nitrogen and oxygen atoms in total. The monoisotopic (exact) mass is 216 g/mol. The highest BCUT2D eigenvalue weighted by Crippen LogP contribution is 2.60. The number of halogens is 1. The van der Waals surface area contributed by atoms with Crippen molar-refractivity contribution in [1.82, 2.24) is 0 Å². The van der Waals surface area contributed by atoms with E-state index in [-0.39, 0.29) is 5.82 Å². The summed E-state index contributed by atoms with van der Waals surface area (Å²) in [4.78, 5) is 3.25. The van der Waals surface area contributed by atoms with Crippen molar-refractivity contribution in [1.29, 1.82) is 0 Å². The van der Waals surface area contributed by atoms with Gasteiger partial charge in [0, 0.05) is 0 Å². The number of rotatable bonds is 1. The molecule has 0 aliphatic heterocycles. The summed E-state index contributed by atoms with van der Waals surface area (Å²) in [6, 6.07) is 6.82. The predicted molar refractivity (Wildman–Crippen MR) is 58.7 cm³/mol. The summed E-state index contributed by atoms with van der Waals surface area (Å²) >= 11 is 0. The average molecular weight is 216 g/mol. The Labute approximate surface area is 93.7 Å². The lowest BCUT2D eigenvalue weighted by molar-refractivity contribution is -0.0481. The Morgan fingerprint density at radius 3 is 2.38 bits per heavy atom. The van der Waals surface area contributed by atoms with E-state index in [1.807, 2.05) is 12.1 Å². The molecule has 3 rings (SSSR count). The summed E-state index contributed by atoms with van der Waals surface area (Å²) < 4.78 is 12.8. The first-order valence-electron chi connectivity index (χ1n) is 5.66. The second-order valence-electron chi connectivity index (χ2n) is 5.18. The molecule has 0 amide bonds. The summed E-state index contributed by atoms with van der Waals surface area (Å²) in [6.45, 7) is 0. The van der Waals surface area contributed by atoms with Crippen LogP contribution in [0.3, 0.4) is 0 Å². The summed E-state index contributed by atoms with van der Waals surface area (Å²) in [5.74, 6) is 0.400. The Kier molecular flexibility index (Phi) is 1.98. The highest BCUT2D eigenvalue weighted by Gasteiger charge is 2.55. The molecule has 0 saturated heterocycles. The lowest BCUT2D eigenvalue weighted by Crippen LogP contribution is -2.47. The van der Waals surface area contributed by atoms with E-state index in [1.165, 1.54) is 17.7 Å². The van der Waals surface area contributed by atoms with Crippen LogP contribution < -0.4 is 0 Å². The van der Waals surface area contributed by atoms with Gasteiger partial charge < -0.3 is 5.53 Å². The minimum Gasteiger partial charge on any atom is -0.362 e. The molecule has 0 heterocycles. The van der Waals surface area contributed by atoms with E-state index >= 15 is 0 Å². The van der Waals surface area contributed by atoms with Crippen LogP contribution in [0.5, 0.6) is 0 Å². The minimum absolute atomic E-state index is 0.170. The number of nitrogens with zero attached hydrogens (tertiary/aromatic N) is 2. The van der Waals surface area contributed by atoms with Crippen molar-refractivity contribution >= 4 is 5.71 Å². The highest BCUT2D eigenvalue weighted by molar-refractivity contribution is 5.87. The van der Waals surface area contributed by atoms with Crippen LogP contribution in [0.1, 0.15) is 37.2 Å². The second kappa shape index (κ2) is 3.26. The fraction of sp³-hybridized carbons (Fsp3) is 0.462. The fourth-order valence-corrected chi connectivity index (χ4v) is 3.13. The van der Waals surface area contributed by atoms with Crippen molar-refractivity contribution in [3.8, 4) is 0 Å². The van der Waals surface area contributed by atoms with Crippen LogP contribution >= 0.6 is 0 Å². The van der Waals surface area contributed by atoms with Crippen LogP contribution in [0, 0.1) is 11.2 Å². The third-order valence-corrected chi connectivity index (χ3v) is 4.00. The van der Waals surface area contributed by atoms with Crippen LogP contribution in [0.2, 0.25) is 0 Å². The maximum absolute atomic E-state index is 12.8. The van der Waals surface area contributed by atoms with Gasteiger partial charge in [0.05, 0.1) is 12.8 Å². The maximum Gasteiger partial charge on any atom is 0.270 e. The molecule has 0 unspecified atom stereocenters. The van der Waals surface area contributed by atoms with Crippen molar-refractivity contribution in [3.63, 3.8) is 0 Å². The van der Waals surface area contributed by atoms with Gasteiger partial charge in [-0.25, -0.2) is 4.39 Å².